The highest BCUT2D eigenvalue weighted by atomic mass is 16.5. The lowest BCUT2D eigenvalue weighted by molar-refractivity contribution is -0.124. The molecule has 3 rings (SSSR count). The van der Waals surface area contributed by atoms with Gasteiger partial charge in [0.2, 0.25) is 0 Å². The smallest absolute Gasteiger partial charge is 0.255 e. The Kier molecular flexibility index (Phi) is 3.90. The van der Waals surface area contributed by atoms with Crippen LogP contribution in [0.5, 0.6) is 0 Å². The van der Waals surface area contributed by atoms with Gasteiger partial charge in [0.1, 0.15) is 18.5 Å². The highest BCUT2D eigenvalue weighted by Crippen LogP contribution is 2.27. The fourth-order valence-electron chi connectivity index (χ4n) is 2.53. The molecule has 2 saturated heterocycles. The number of aliphatic hydroxyl groups excluding tert-OH is 2. The Morgan fingerprint density at radius 2 is 2.35 bits per heavy atom. The van der Waals surface area contributed by atoms with E-state index in [0.29, 0.717) is 6.42 Å². The van der Waals surface area contributed by atoms with Gasteiger partial charge in [-0.25, -0.2) is 0 Å². The summed E-state index contributed by atoms with van der Waals surface area (Å²) in [4.78, 5) is 17.4. The molecule has 0 aromatic heterocycles. The topological polar surface area (TPSA) is 162 Å². The van der Waals surface area contributed by atoms with Gasteiger partial charge < -0.3 is 30.6 Å². The van der Waals surface area contributed by atoms with E-state index in [1.54, 1.807) is 4.90 Å². The minimum atomic E-state index is -0.751. The van der Waals surface area contributed by atoms with Crippen molar-refractivity contribution < 1.29 is 25.2 Å². The van der Waals surface area contributed by atoms with Gasteiger partial charge in [-0.2, -0.15) is 0 Å². The quantitative estimate of drug-likeness (QED) is 0.351. The summed E-state index contributed by atoms with van der Waals surface area (Å²) in [7, 11) is 0. The van der Waals surface area contributed by atoms with Crippen LogP contribution in [0.1, 0.15) is 6.42 Å². The van der Waals surface area contributed by atoms with Crippen molar-refractivity contribution in [3.8, 4) is 0 Å². The first-order valence-electron chi connectivity index (χ1n) is 6.01. The summed E-state index contributed by atoms with van der Waals surface area (Å²) in [5.74, 6) is -0.427. The molecule has 112 valence electrons. The summed E-state index contributed by atoms with van der Waals surface area (Å²) < 4.78 is 5.52. The molecule has 2 fully saturated rings. The first-order valence-corrected chi connectivity index (χ1v) is 6.01. The molecule has 0 radical (unpaired) electrons. The van der Waals surface area contributed by atoms with E-state index >= 15 is 0 Å². The molecule has 0 saturated carbocycles. The Morgan fingerprint density at radius 3 is 3.00 bits per heavy atom. The second-order valence-electron chi connectivity index (χ2n) is 4.72. The van der Waals surface area contributed by atoms with Crippen molar-refractivity contribution in [1.82, 2.24) is 15.5 Å². The van der Waals surface area contributed by atoms with Crippen LogP contribution in [0.2, 0.25) is 0 Å². The third-order valence-electron chi connectivity index (χ3n) is 3.51. The lowest BCUT2D eigenvalue weighted by Gasteiger charge is -2.35. The predicted octanol–water partition coefficient (Wildman–Crippen LogP) is -3.68. The number of rotatable bonds is 2. The summed E-state index contributed by atoms with van der Waals surface area (Å²) in [5, 5.41) is 31.4. The molecule has 0 aliphatic carbocycles. The van der Waals surface area contributed by atoms with Crippen LogP contribution in [-0.4, -0.2) is 76.0 Å². The van der Waals surface area contributed by atoms with E-state index in [4.69, 9.17) is 15.3 Å². The maximum atomic E-state index is 11.7. The van der Waals surface area contributed by atoms with E-state index in [2.05, 4.69) is 15.6 Å². The predicted molar refractivity (Wildman–Crippen MR) is 66.9 cm³/mol. The number of hydrogen-bond acceptors (Lipinski definition) is 7. The summed E-state index contributed by atoms with van der Waals surface area (Å²) >= 11 is 0. The lowest BCUT2D eigenvalue weighted by Crippen LogP contribution is -2.65. The molecule has 0 aromatic rings. The van der Waals surface area contributed by atoms with Gasteiger partial charge in [0.15, 0.2) is 12.0 Å². The lowest BCUT2D eigenvalue weighted by atomic mass is 10.1. The molecular weight excluding hydrogens is 270 g/mol. The highest BCUT2D eigenvalue weighted by molar-refractivity contribution is 6.02. The largest absolute Gasteiger partial charge is 0.412 e. The van der Waals surface area contributed by atoms with Crippen LogP contribution in [0.3, 0.4) is 0 Å². The van der Waals surface area contributed by atoms with E-state index in [9.17, 15) is 9.90 Å². The summed E-state index contributed by atoms with van der Waals surface area (Å²) in [6.45, 7) is -0.263. The van der Waals surface area contributed by atoms with Gasteiger partial charge in [-0.05, 0) is 0 Å². The molecule has 10 nitrogen and oxygen atoms in total. The molecular formula is C10H17N5O5. The van der Waals surface area contributed by atoms with Crippen LogP contribution in [-0.2, 0) is 9.53 Å². The maximum Gasteiger partial charge on any atom is 0.255 e. The zero-order valence-corrected chi connectivity index (χ0v) is 10.5. The molecule has 0 spiro atoms. The number of carbonyl (C=O) groups excluding carboxylic acids is 1. The number of aliphatic imine (C=N–C) groups is 1. The Hall–Kier alpha value is -1.75. The van der Waals surface area contributed by atoms with Gasteiger partial charge in [0.05, 0.1) is 19.0 Å². The van der Waals surface area contributed by atoms with Crippen LogP contribution in [0.4, 0.5) is 0 Å². The van der Waals surface area contributed by atoms with Gasteiger partial charge in [-0.15, -0.1) is 0 Å². The number of aliphatic hydroxyl groups is 2. The Labute approximate surface area is 114 Å². The Bertz CT molecular complexity index is 444. The normalized spacial score (nSPS) is 39.1. The second kappa shape index (κ2) is 5.32. The molecule has 20 heavy (non-hydrogen) atoms. The van der Waals surface area contributed by atoms with E-state index in [1.807, 2.05) is 0 Å². The average Bonchev–Trinajstić information content (AvgIpc) is 2.92. The van der Waals surface area contributed by atoms with Crippen molar-refractivity contribution in [3.63, 3.8) is 0 Å². The number of nitrogens with one attached hydrogen (secondary N) is 3. The second-order valence-corrected chi connectivity index (χ2v) is 4.72. The number of hydrogen-bond donors (Lipinski definition) is 5. The van der Waals surface area contributed by atoms with Gasteiger partial charge in [0, 0.05) is 6.42 Å². The van der Waals surface area contributed by atoms with Crippen molar-refractivity contribution in [2.24, 2.45) is 4.99 Å². The molecule has 0 bridgehead atoms. The number of nitrogens with zero attached hydrogens (tertiary/aromatic N) is 2. The molecule has 7 N–H and O–H groups in total. The third-order valence-corrected chi connectivity index (χ3v) is 3.51. The van der Waals surface area contributed by atoms with E-state index in [0.717, 1.165) is 0 Å². The van der Waals surface area contributed by atoms with E-state index in [1.165, 1.54) is 6.34 Å². The van der Waals surface area contributed by atoms with Gasteiger partial charge in [-0.1, -0.05) is 0 Å². The number of guanidine groups is 1. The Morgan fingerprint density at radius 1 is 1.60 bits per heavy atom. The fraction of sp³-hybridized carbons (Fsp3) is 0.700. The summed E-state index contributed by atoms with van der Waals surface area (Å²) in [6, 6.07) is -0.636. The minimum absolute atomic E-state index is 0. The highest BCUT2D eigenvalue weighted by Gasteiger charge is 2.46. The average molecular weight is 287 g/mol. The van der Waals surface area contributed by atoms with Crippen molar-refractivity contribution in [3.05, 3.63) is 0 Å². The van der Waals surface area contributed by atoms with Crippen molar-refractivity contribution in [2.75, 3.05) is 6.61 Å². The maximum absolute atomic E-state index is 11.7. The SMILES string of the molecule is N=C1NC(=O)C2N=CN([C@H]3C[C@H](O)[C@@H](CO)O3)C2N1.O. The van der Waals surface area contributed by atoms with Crippen LogP contribution < -0.4 is 10.6 Å². The third kappa shape index (κ3) is 2.22. The summed E-state index contributed by atoms with van der Waals surface area (Å²) in [6.07, 6.45) is -0.545. The first kappa shape index (κ1) is 14.7. The van der Waals surface area contributed by atoms with Crippen LogP contribution in [0.25, 0.3) is 0 Å². The monoisotopic (exact) mass is 287 g/mol. The molecule has 1 amide bonds. The zero-order valence-electron chi connectivity index (χ0n) is 10.5. The van der Waals surface area contributed by atoms with E-state index < -0.39 is 30.6 Å². The fourth-order valence-corrected chi connectivity index (χ4v) is 2.53. The number of carbonyl (C=O) groups is 1. The van der Waals surface area contributed by atoms with Crippen LogP contribution in [0.15, 0.2) is 4.99 Å². The van der Waals surface area contributed by atoms with Gasteiger partial charge >= 0.3 is 0 Å². The minimum Gasteiger partial charge on any atom is -0.412 e. The standard InChI is InChI=1S/C10H15N5O4.H2O/c11-10-13-8-7(9(18)14-10)12-3-15(8)6-1-4(17)5(2-16)19-6;/h3-8,16-17H,1-2H2,(H3,11,13,14,18);1H2/t4-,5+,6+,7?,8?;/m0./s1. The van der Waals surface area contributed by atoms with Gasteiger partial charge in [-0.3, -0.25) is 20.5 Å². The molecule has 2 unspecified atom stereocenters. The number of amides is 1. The van der Waals surface area contributed by atoms with Crippen molar-refractivity contribution >= 4 is 18.2 Å². The van der Waals surface area contributed by atoms with Crippen molar-refractivity contribution in [1.29, 1.82) is 5.41 Å². The van der Waals surface area contributed by atoms with Crippen molar-refractivity contribution in [2.45, 2.75) is 37.1 Å². The molecule has 3 aliphatic rings. The number of fused-ring (bicyclic) bond motifs is 1. The van der Waals surface area contributed by atoms with Crippen LogP contribution in [0, 0.1) is 5.41 Å². The van der Waals surface area contributed by atoms with Crippen LogP contribution >= 0.6 is 0 Å². The summed E-state index contributed by atoms with van der Waals surface area (Å²) in [5.41, 5.74) is 0. The molecule has 5 atom stereocenters. The first-order chi connectivity index (χ1) is 9.10. The zero-order chi connectivity index (χ0) is 13.6. The van der Waals surface area contributed by atoms with Gasteiger partial charge in [0.25, 0.3) is 5.91 Å². The molecule has 3 heterocycles. The molecule has 3 aliphatic heterocycles. The van der Waals surface area contributed by atoms with E-state index in [-0.39, 0.29) is 23.9 Å². The molecule has 0 aromatic carbocycles. The molecule has 10 heteroatoms. The Balaban J connectivity index is 0.00000147. The number of ether oxygens (including phenoxy) is 1.